The summed E-state index contributed by atoms with van der Waals surface area (Å²) >= 11 is 0. The van der Waals surface area contributed by atoms with Gasteiger partial charge in [-0.05, 0) is 32.5 Å². The molecule has 140 valence electrons. The smallest absolute Gasteiger partial charge is 0.165 e. The maximum absolute atomic E-state index is 5.57. The molecule has 0 saturated carbocycles. The summed E-state index contributed by atoms with van der Waals surface area (Å²) in [5, 5.41) is 0. The van der Waals surface area contributed by atoms with Gasteiger partial charge in [0.05, 0.1) is 14.2 Å². The van der Waals surface area contributed by atoms with Crippen LogP contribution in [0.2, 0.25) is 0 Å². The van der Waals surface area contributed by atoms with Gasteiger partial charge in [0.25, 0.3) is 0 Å². The van der Waals surface area contributed by atoms with E-state index in [9.17, 15) is 0 Å². The number of rotatable bonds is 6. The topological polar surface area (TPSA) is 28.2 Å². The zero-order chi connectivity index (χ0) is 17.6. The summed E-state index contributed by atoms with van der Waals surface area (Å²) < 4.78 is 11.0. The first-order valence-electron chi connectivity index (χ1n) is 9.56. The average molecular weight is 348 g/mol. The fourth-order valence-electron chi connectivity index (χ4n) is 4.12. The van der Waals surface area contributed by atoms with Crippen LogP contribution in [0.1, 0.15) is 24.8 Å². The number of piperazine rings is 1. The molecule has 5 nitrogen and oxygen atoms in total. The minimum absolute atomic E-state index is 0.749. The number of methoxy groups -OCH3 is 2. The monoisotopic (exact) mass is 347 g/mol. The SMILES string of the molecule is COc1cccc(CN2CCN(C[C@H]3CCCCN3C)CC2)c1OC. The third-order valence-corrected chi connectivity index (χ3v) is 5.73. The highest BCUT2D eigenvalue weighted by atomic mass is 16.5. The van der Waals surface area contributed by atoms with Gasteiger partial charge in [0, 0.05) is 50.9 Å². The van der Waals surface area contributed by atoms with E-state index >= 15 is 0 Å². The van der Waals surface area contributed by atoms with Crippen molar-refractivity contribution in [2.75, 3.05) is 60.5 Å². The van der Waals surface area contributed by atoms with Crippen molar-refractivity contribution in [1.29, 1.82) is 0 Å². The van der Waals surface area contributed by atoms with E-state index in [0.717, 1.165) is 50.3 Å². The molecule has 0 spiro atoms. The van der Waals surface area contributed by atoms with E-state index in [-0.39, 0.29) is 0 Å². The fraction of sp³-hybridized carbons (Fsp3) is 0.700. The Bertz CT molecular complexity index is 544. The van der Waals surface area contributed by atoms with Crippen LogP contribution in [0.3, 0.4) is 0 Å². The quantitative estimate of drug-likeness (QED) is 0.787. The predicted molar refractivity (Wildman–Crippen MR) is 102 cm³/mol. The van der Waals surface area contributed by atoms with Gasteiger partial charge in [-0.2, -0.15) is 0 Å². The molecule has 2 saturated heterocycles. The van der Waals surface area contributed by atoms with Crippen molar-refractivity contribution in [1.82, 2.24) is 14.7 Å². The molecule has 2 aliphatic heterocycles. The van der Waals surface area contributed by atoms with Gasteiger partial charge >= 0.3 is 0 Å². The first-order valence-corrected chi connectivity index (χ1v) is 9.56. The van der Waals surface area contributed by atoms with Crippen LogP contribution in [-0.4, -0.2) is 81.3 Å². The van der Waals surface area contributed by atoms with Gasteiger partial charge in [-0.25, -0.2) is 0 Å². The molecule has 5 heteroatoms. The zero-order valence-corrected chi connectivity index (χ0v) is 16.0. The Morgan fingerprint density at radius 3 is 2.40 bits per heavy atom. The van der Waals surface area contributed by atoms with Crippen molar-refractivity contribution >= 4 is 0 Å². The summed E-state index contributed by atoms with van der Waals surface area (Å²) in [7, 11) is 5.71. The molecule has 0 aliphatic carbocycles. The summed E-state index contributed by atoms with van der Waals surface area (Å²) in [6.45, 7) is 7.99. The number of nitrogens with zero attached hydrogens (tertiary/aromatic N) is 3. The largest absolute Gasteiger partial charge is 0.493 e. The molecule has 2 aliphatic rings. The molecule has 0 amide bonds. The number of ether oxygens (including phenoxy) is 2. The molecule has 0 bridgehead atoms. The van der Waals surface area contributed by atoms with Crippen LogP contribution in [0, 0.1) is 0 Å². The second kappa shape index (κ2) is 8.88. The highest BCUT2D eigenvalue weighted by Gasteiger charge is 2.24. The van der Waals surface area contributed by atoms with E-state index in [1.165, 1.54) is 37.9 Å². The molecule has 0 aromatic heterocycles. The van der Waals surface area contributed by atoms with Crippen LogP contribution in [0.25, 0.3) is 0 Å². The number of benzene rings is 1. The molecule has 1 aromatic carbocycles. The van der Waals surface area contributed by atoms with Crippen LogP contribution in [0.5, 0.6) is 11.5 Å². The first kappa shape index (κ1) is 18.5. The summed E-state index contributed by atoms with van der Waals surface area (Å²) in [4.78, 5) is 7.72. The van der Waals surface area contributed by atoms with Crippen molar-refractivity contribution in [3.05, 3.63) is 23.8 Å². The summed E-state index contributed by atoms with van der Waals surface area (Å²) in [5.41, 5.74) is 1.21. The number of likely N-dealkylation sites (N-methyl/N-ethyl adjacent to an activating group) is 1. The second-order valence-corrected chi connectivity index (χ2v) is 7.36. The molecule has 25 heavy (non-hydrogen) atoms. The highest BCUT2D eigenvalue weighted by Crippen LogP contribution is 2.31. The highest BCUT2D eigenvalue weighted by molar-refractivity contribution is 5.46. The third kappa shape index (κ3) is 4.66. The Morgan fingerprint density at radius 1 is 0.960 bits per heavy atom. The molecule has 2 heterocycles. The molecule has 1 aromatic rings. The third-order valence-electron chi connectivity index (χ3n) is 5.73. The van der Waals surface area contributed by atoms with E-state index in [1.54, 1.807) is 14.2 Å². The Labute approximate surface area is 152 Å². The molecular formula is C20H33N3O2. The number of para-hydroxylation sites is 1. The van der Waals surface area contributed by atoms with Crippen molar-refractivity contribution in [2.24, 2.45) is 0 Å². The lowest BCUT2D eigenvalue weighted by molar-refractivity contribution is 0.0814. The number of hydrogen-bond acceptors (Lipinski definition) is 5. The van der Waals surface area contributed by atoms with E-state index in [4.69, 9.17) is 9.47 Å². The molecule has 0 N–H and O–H groups in total. The number of likely N-dealkylation sites (tertiary alicyclic amines) is 1. The van der Waals surface area contributed by atoms with Gasteiger partial charge in [-0.3, -0.25) is 9.80 Å². The fourth-order valence-corrected chi connectivity index (χ4v) is 4.12. The van der Waals surface area contributed by atoms with Crippen LogP contribution in [0.15, 0.2) is 18.2 Å². The minimum Gasteiger partial charge on any atom is -0.493 e. The predicted octanol–water partition coefficient (Wildman–Crippen LogP) is 2.31. The van der Waals surface area contributed by atoms with Crippen LogP contribution < -0.4 is 9.47 Å². The number of piperidine rings is 1. The molecule has 0 unspecified atom stereocenters. The molecule has 3 rings (SSSR count). The number of hydrogen-bond donors (Lipinski definition) is 0. The lowest BCUT2D eigenvalue weighted by Gasteiger charge is -2.40. The van der Waals surface area contributed by atoms with Crippen LogP contribution in [-0.2, 0) is 6.54 Å². The van der Waals surface area contributed by atoms with Crippen molar-refractivity contribution in [3.8, 4) is 11.5 Å². The van der Waals surface area contributed by atoms with Gasteiger partial charge in [-0.1, -0.05) is 18.6 Å². The van der Waals surface area contributed by atoms with Crippen molar-refractivity contribution in [3.63, 3.8) is 0 Å². The van der Waals surface area contributed by atoms with Gasteiger partial charge in [0.2, 0.25) is 0 Å². The van der Waals surface area contributed by atoms with Gasteiger partial charge in [0.15, 0.2) is 11.5 Å². The lowest BCUT2D eigenvalue weighted by Crippen LogP contribution is -2.51. The minimum atomic E-state index is 0.749. The van der Waals surface area contributed by atoms with E-state index in [1.807, 2.05) is 12.1 Å². The van der Waals surface area contributed by atoms with Crippen LogP contribution in [0.4, 0.5) is 0 Å². The summed E-state index contributed by atoms with van der Waals surface area (Å²) in [6, 6.07) is 6.90. The lowest BCUT2D eigenvalue weighted by atomic mass is 10.0. The van der Waals surface area contributed by atoms with Crippen molar-refractivity contribution in [2.45, 2.75) is 31.8 Å². The molecule has 0 radical (unpaired) electrons. The van der Waals surface area contributed by atoms with Gasteiger partial charge in [0.1, 0.15) is 0 Å². The standard InChI is InChI=1S/C20H33N3O2/c1-21-10-5-4-8-18(21)16-23-13-11-22(12-14-23)15-17-7-6-9-19(24-2)20(17)25-3/h6-7,9,18H,4-5,8,10-16H2,1-3H3/t18-/m1/s1. The van der Waals surface area contributed by atoms with Crippen molar-refractivity contribution < 1.29 is 9.47 Å². The summed E-state index contributed by atoms with van der Waals surface area (Å²) in [6.07, 6.45) is 4.12. The Hall–Kier alpha value is -1.30. The van der Waals surface area contributed by atoms with E-state index < -0.39 is 0 Å². The van der Waals surface area contributed by atoms with Gasteiger partial charge in [-0.15, -0.1) is 0 Å². The normalized spacial score (nSPS) is 23.6. The average Bonchev–Trinajstić information content (AvgIpc) is 2.65. The van der Waals surface area contributed by atoms with E-state index in [2.05, 4.69) is 27.8 Å². The Balaban J connectivity index is 1.51. The second-order valence-electron chi connectivity index (χ2n) is 7.36. The zero-order valence-electron chi connectivity index (χ0n) is 16.0. The summed E-state index contributed by atoms with van der Waals surface area (Å²) in [5.74, 6) is 1.69. The first-order chi connectivity index (χ1) is 12.2. The van der Waals surface area contributed by atoms with Crippen LogP contribution >= 0.6 is 0 Å². The molecular weight excluding hydrogens is 314 g/mol. The maximum atomic E-state index is 5.57. The molecule has 2 fully saturated rings. The van der Waals surface area contributed by atoms with Gasteiger partial charge < -0.3 is 14.4 Å². The van der Waals surface area contributed by atoms with E-state index in [0.29, 0.717) is 0 Å². The Morgan fingerprint density at radius 2 is 1.72 bits per heavy atom. The maximum Gasteiger partial charge on any atom is 0.165 e. The Kier molecular flexibility index (Phi) is 6.57. The molecule has 1 atom stereocenters.